The fraction of sp³-hybridized carbons (Fsp3) is 0.238. The number of hydrogen-bond acceptors (Lipinski definition) is 6. The molecule has 9 nitrogen and oxygen atoms in total. The Hall–Kier alpha value is -3.56. The van der Waals surface area contributed by atoms with Gasteiger partial charge in [0, 0.05) is 6.04 Å². The summed E-state index contributed by atoms with van der Waals surface area (Å²) in [5.41, 5.74) is 13.0. The Labute approximate surface area is 172 Å². The van der Waals surface area contributed by atoms with Crippen molar-refractivity contribution in [2.24, 2.45) is 0 Å². The number of rotatable bonds is 4. The molecule has 0 aliphatic carbocycles. The number of hydrogen-bond donors (Lipinski definition) is 4. The predicted octanol–water partition coefficient (Wildman–Crippen LogP) is 0.460. The largest absolute Gasteiger partial charge is 0.289 e. The number of benzene rings is 2. The van der Waals surface area contributed by atoms with Gasteiger partial charge in [-0.2, -0.15) is 0 Å². The molecule has 154 valence electrons. The Morgan fingerprint density at radius 2 is 1.90 bits per heavy atom. The van der Waals surface area contributed by atoms with E-state index in [0.29, 0.717) is 17.3 Å². The molecule has 4 rings (SSSR count). The van der Waals surface area contributed by atoms with Crippen LogP contribution in [0.3, 0.4) is 0 Å². The van der Waals surface area contributed by atoms with Crippen molar-refractivity contribution in [1.82, 2.24) is 31.3 Å². The summed E-state index contributed by atoms with van der Waals surface area (Å²) in [7, 11) is 0. The van der Waals surface area contributed by atoms with Crippen LogP contribution in [-0.4, -0.2) is 27.4 Å². The molecule has 2 heterocycles. The average molecular weight is 406 g/mol. The second-order valence-corrected chi connectivity index (χ2v) is 7.23. The lowest BCUT2D eigenvalue weighted by Gasteiger charge is -2.12. The summed E-state index contributed by atoms with van der Waals surface area (Å²) in [4.78, 5) is 41.4. The number of hydrazine groups is 2. The molecule has 3 aromatic rings. The van der Waals surface area contributed by atoms with Gasteiger partial charge in [0.2, 0.25) is 0 Å². The van der Waals surface area contributed by atoms with Gasteiger partial charge in [-0.25, -0.2) is 15.8 Å². The molecule has 0 spiro atoms. The molecule has 1 fully saturated rings. The van der Waals surface area contributed by atoms with Crippen molar-refractivity contribution in [2.75, 3.05) is 0 Å². The molecule has 1 aliphatic rings. The summed E-state index contributed by atoms with van der Waals surface area (Å²) < 4.78 is 1.21. The summed E-state index contributed by atoms with van der Waals surface area (Å²) in [6.45, 7) is 1.62. The summed E-state index contributed by atoms with van der Waals surface area (Å²) in [6.07, 6.45) is 1.88. The fourth-order valence-corrected chi connectivity index (χ4v) is 3.49. The van der Waals surface area contributed by atoms with Gasteiger partial charge in [-0.1, -0.05) is 42.5 Å². The Balaban J connectivity index is 1.33. The molecule has 30 heavy (non-hydrogen) atoms. The lowest BCUT2D eigenvalue weighted by atomic mass is 10.0. The van der Waals surface area contributed by atoms with E-state index in [4.69, 9.17) is 0 Å². The van der Waals surface area contributed by atoms with Gasteiger partial charge in [-0.3, -0.25) is 29.8 Å². The molecular formula is C21H22N6O3. The average Bonchev–Trinajstić information content (AvgIpc) is 3.26. The number of amides is 2. The lowest BCUT2D eigenvalue weighted by Crippen LogP contribution is -2.51. The third-order valence-corrected chi connectivity index (χ3v) is 5.12. The zero-order valence-electron chi connectivity index (χ0n) is 16.4. The highest BCUT2D eigenvalue weighted by molar-refractivity contribution is 5.85. The van der Waals surface area contributed by atoms with Crippen molar-refractivity contribution < 1.29 is 9.59 Å². The van der Waals surface area contributed by atoms with Crippen LogP contribution < -0.4 is 27.3 Å². The molecule has 0 radical (unpaired) electrons. The molecule has 0 bridgehead atoms. The van der Waals surface area contributed by atoms with Crippen LogP contribution in [0.2, 0.25) is 0 Å². The lowest BCUT2D eigenvalue weighted by molar-refractivity contribution is -0.130. The van der Waals surface area contributed by atoms with Crippen molar-refractivity contribution in [3.05, 3.63) is 76.3 Å². The molecule has 2 atom stereocenters. The SMILES string of the molecule is Cc1cccc2c(=O)n(CC(=O)NNC(=O)C3CC(c4ccccc4)NN3)cnc12. The van der Waals surface area contributed by atoms with Gasteiger partial charge in [0.05, 0.1) is 17.2 Å². The molecule has 1 aliphatic heterocycles. The van der Waals surface area contributed by atoms with Gasteiger partial charge in [0.1, 0.15) is 12.6 Å². The maximum absolute atomic E-state index is 12.6. The smallest absolute Gasteiger partial charge is 0.261 e. The quantitative estimate of drug-likeness (QED) is 0.468. The molecule has 0 saturated carbocycles. The second kappa shape index (κ2) is 8.44. The van der Waals surface area contributed by atoms with E-state index in [1.165, 1.54) is 10.9 Å². The van der Waals surface area contributed by atoms with E-state index in [1.54, 1.807) is 12.1 Å². The number of fused-ring (bicyclic) bond motifs is 1. The number of aryl methyl sites for hydroxylation is 1. The van der Waals surface area contributed by atoms with Gasteiger partial charge in [0.25, 0.3) is 17.4 Å². The minimum atomic E-state index is -0.523. The van der Waals surface area contributed by atoms with E-state index in [2.05, 4.69) is 26.7 Å². The minimum Gasteiger partial charge on any atom is -0.289 e. The zero-order valence-corrected chi connectivity index (χ0v) is 16.4. The topological polar surface area (TPSA) is 117 Å². The van der Waals surface area contributed by atoms with Gasteiger partial charge < -0.3 is 0 Å². The zero-order chi connectivity index (χ0) is 21.1. The molecular weight excluding hydrogens is 384 g/mol. The molecule has 2 unspecified atom stereocenters. The van der Waals surface area contributed by atoms with Crippen molar-refractivity contribution in [3.8, 4) is 0 Å². The maximum atomic E-state index is 12.6. The molecule has 9 heteroatoms. The number of carbonyl (C=O) groups is 2. The van der Waals surface area contributed by atoms with Gasteiger partial charge in [0.15, 0.2) is 0 Å². The normalized spacial score (nSPS) is 18.3. The van der Waals surface area contributed by atoms with Crippen LogP contribution in [0.1, 0.15) is 23.6 Å². The number of aromatic nitrogens is 2. The molecule has 2 aromatic carbocycles. The molecule has 4 N–H and O–H groups in total. The van der Waals surface area contributed by atoms with Crippen LogP contribution in [0.25, 0.3) is 10.9 Å². The highest BCUT2D eigenvalue weighted by atomic mass is 16.2. The van der Waals surface area contributed by atoms with E-state index < -0.39 is 11.9 Å². The monoisotopic (exact) mass is 406 g/mol. The van der Waals surface area contributed by atoms with Crippen LogP contribution in [0, 0.1) is 6.92 Å². The third kappa shape index (κ3) is 4.07. The predicted molar refractivity (Wildman–Crippen MR) is 111 cm³/mol. The minimum absolute atomic E-state index is 0.00311. The molecule has 2 amide bonds. The van der Waals surface area contributed by atoms with E-state index in [-0.39, 0.29) is 24.1 Å². The van der Waals surface area contributed by atoms with Gasteiger partial charge in [-0.05, 0) is 30.5 Å². The highest BCUT2D eigenvalue weighted by Crippen LogP contribution is 2.21. The van der Waals surface area contributed by atoms with Crippen LogP contribution in [0.5, 0.6) is 0 Å². The standard InChI is InChI=1S/C21H22N6O3/c1-13-6-5-9-15-19(13)22-12-27(21(15)30)11-18(28)25-26-20(29)17-10-16(23-24-17)14-7-3-2-4-8-14/h2-9,12,16-17,23-24H,10-11H2,1H3,(H,25,28)(H,26,29). The first-order chi connectivity index (χ1) is 14.5. The van der Waals surface area contributed by atoms with E-state index >= 15 is 0 Å². The van der Waals surface area contributed by atoms with Crippen LogP contribution >= 0.6 is 0 Å². The number of nitrogens with zero attached hydrogens (tertiary/aromatic N) is 2. The summed E-state index contributed by atoms with van der Waals surface area (Å²) in [6, 6.07) is 14.6. The number of para-hydroxylation sites is 1. The Bertz CT molecular complexity index is 1140. The van der Waals surface area contributed by atoms with E-state index in [1.807, 2.05) is 43.3 Å². The van der Waals surface area contributed by atoms with E-state index in [0.717, 1.165) is 11.1 Å². The Kier molecular flexibility index (Phi) is 5.55. The molecule has 1 saturated heterocycles. The van der Waals surface area contributed by atoms with Crippen molar-refractivity contribution in [3.63, 3.8) is 0 Å². The van der Waals surface area contributed by atoms with Crippen LogP contribution in [0.4, 0.5) is 0 Å². The van der Waals surface area contributed by atoms with E-state index in [9.17, 15) is 14.4 Å². The summed E-state index contributed by atoms with van der Waals surface area (Å²) >= 11 is 0. The Morgan fingerprint density at radius 1 is 1.10 bits per heavy atom. The van der Waals surface area contributed by atoms with Crippen molar-refractivity contribution in [2.45, 2.75) is 32.0 Å². The first-order valence-electron chi connectivity index (χ1n) is 9.62. The van der Waals surface area contributed by atoms with Gasteiger partial charge >= 0.3 is 0 Å². The maximum Gasteiger partial charge on any atom is 0.261 e. The van der Waals surface area contributed by atoms with Crippen LogP contribution in [0.15, 0.2) is 59.7 Å². The van der Waals surface area contributed by atoms with Crippen molar-refractivity contribution in [1.29, 1.82) is 0 Å². The second-order valence-electron chi connectivity index (χ2n) is 7.23. The number of carbonyl (C=O) groups excluding carboxylic acids is 2. The molecule has 1 aromatic heterocycles. The summed E-state index contributed by atoms with van der Waals surface area (Å²) in [5.74, 6) is -0.890. The Morgan fingerprint density at radius 3 is 2.70 bits per heavy atom. The first-order valence-corrected chi connectivity index (χ1v) is 9.62. The van der Waals surface area contributed by atoms with Gasteiger partial charge in [-0.15, -0.1) is 0 Å². The summed E-state index contributed by atoms with van der Waals surface area (Å²) in [5, 5.41) is 0.447. The number of nitrogens with one attached hydrogen (secondary N) is 4. The van der Waals surface area contributed by atoms with Crippen molar-refractivity contribution >= 4 is 22.7 Å². The van der Waals surface area contributed by atoms with Crippen LogP contribution in [-0.2, 0) is 16.1 Å². The fourth-order valence-electron chi connectivity index (χ4n) is 3.49. The first kappa shape index (κ1) is 19.7. The highest BCUT2D eigenvalue weighted by Gasteiger charge is 2.30. The third-order valence-electron chi connectivity index (χ3n) is 5.12.